The van der Waals surface area contributed by atoms with Gasteiger partial charge in [-0.3, -0.25) is 4.79 Å². The van der Waals surface area contributed by atoms with Crippen molar-refractivity contribution >= 4 is 0 Å². The van der Waals surface area contributed by atoms with E-state index in [4.69, 9.17) is 0 Å². The van der Waals surface area contributed by atoms with Gasteiger partial charge >= 0.3 is 0 Å². The van der Waals surface area contributed by atoms with Gasteiger partial charge in [-0.1, -0.05) is 13.0 Å². The van der Waals surface area contributed by atoms with Crippen LogP contribution in [0.2, 0.25) is 0 Å². The lowest BCUT2D eigenvalue weighted by Gasteiger charge is -2.14. The molecule has 112 valence electrons. The van der Waals surface area contributed by atoms with Crippen LogP contribution in [0.4, 0.5) is 0 Å². The molecule has 1 N–H and O–H groups in total. The third kappa shape index (κ3) is 3.82. The lowest BCUT2D eigenvalue weighted by Crippen LogP contribution is -2.22. The number of aromatic nitrogens is 1. The Labute approximate surface area is 126 Å². The molecule has 0 aliphatic heterocycles. The molecular weight excluding hydrogens is 260 g/mol. The van der Waals surface area contributed by atoms with E-state index in [0.717, 1.165) is 29.9 Å². The minimum atomic E-state index is 0.108. The first kappa shape index (κ1) is 15.5. The van der Waals surface area contributed by atoms with Gasteiger partial charge in [-0.2, -0.15) is 0 Å². The fourth-order valence-electron chi connectivity index (χ4n) is 2.57. The Morgan fingerprint density at radius 1 is 1.05 bits per heavy atom. The van der Waals surface area contributed by atoms with E-state index < -0.39 is 0 Å². The van der Waals surface area contributed by atoms with Gasteiger partial charge in [0.15, 0.2) is 5.43 Å². The van der Waals surface area contributed by atoms with E-state index >= 15 is 0 Å². The van der Waals surface area contributed by atoms with Crippen LogP contribution in [0.3, 0.4) is 0 Å². The highest BCUT2D eigenvalue weighted by Crippen LogP contribution is 2.15. The number of hydrogen-bond donors (Lipinski definition) is 1. The van der Waals surface area contributed by atoms with E-state index in [0.29, 0.717) is 6.54 Å². The molecule has 0 fully saturated rings. The molecule has 2 rings (SSSR count). The zero-order valence-electron chi connectivity index (χ0n) is 13.4. The van der Waals surface area contributed by atoms with Crippen LogP contribution in [0.1, 0.15) is 35.7 Å². The van der Waals surface area contributed by atoms with Crippen LogP contribution in [0, 0.1) is 20.8 Å². The Bertz CT molecular complexity index is 666. The molecule has 0 saturated heterocycles. The largest absolute Gasteiger partial charge is 0.321 e. The zero-order valence-corrected chi connectivity index (χ0v) is 13.4. The molecule has 0 bridgehead atoms. The van der Waals surface area contributed by atoms with Gasteiger partial charge in [-0.15, -0.1) is 0 Å². The van der Waals surface area contributed by atoms with Crippen LogP contribution >= 0.6 is 0 Å². The number of nitrogens with one attached hydrogen (secondary N) is 1. The molecule has 1 heterocycles. The van der Waals surface area contributed by atoms with E-state index in [1.807, 2.05) is 13.1 Å². The molecule has 3 heteroatoms. The van der Waals surface area contributed by atoms with Gasteiger partial charge in [0, 0.05) is 35.8 Å². The van der Waals surface area contributed by atoms with Crippen LogP contribution in [0.25, 0.3) is 5.69 Å². The molecule has 0 unspecified atom stereocenters. The third-order valence-corrected chi connectivity index (χ3v) is 3.55. The standard InChI is InChI=1S/C18H24N2O/c1-5-6-19-11-16-12-20(15(4)10-18(16)21)17-8-13(2)7-14(3)9-17/h7-10,12,19H,5-6,11H2,1-4H3. The second kappa shape index (κ2) is 6.72. The summed E-state index contributed by atoms with van der Waals surface area (Å²) in [5.74, 6) is 0. The lowest BCUT2D eigenvalue weighted by atomic mass is 10.1. The molecule has 0 amide bonds. The van der Waals surface area contributed by atoms with Gasteiger partial charge in [0.25, 0.3) is 0 Å². The molecule has 1 aromatic heterocycles. The van der Waals surface area contributed by atoms with Crippen molar-refractivity contribution in [3.05, 3.63) is 63.1 Å². The zero-order chi connectivity index (χ0) is 15.4. The summed E-state index contributed by atoms with van der Waals surface area (Å²) in [4.78, 5) is 12.1. The van der Waals surface area contributed by atoms with Crippen LogP contribution in [-0.2, 0) is 6.54 Å². The second-order valence-electron chi connectivity index (χ2n) is 5.70. The van der Waals surface area contributed by atoms with Crippen molar-refractivity contribution in [3.63, 3.8) is 0 Å². The molecule has 1 aromatic carbocycles. The summed E-state index contributed by atoms with van der Waals surface area (Å²) in [5, 5.41) is 3.30. The summed E-state index contributed by atoms with van der Waals surface area (Å²) < 4.78 is 2.10. The van der Waals surface area contributed by atoms with Crippen LogP contribution in [-0.4, -0.2) is 11.1 Å². The molecule has 0 aliphatic rings. The average Bonchev–Trinajstić information content (AvgIpc) is 2.40. The first-order valence-corrected chi connectivity index (χ1v) is 7.53. The van der Waals surface area contributed by atoms with E-state index in [-0.39, 0.29) is 5.43 Å². The Hall–Kier alpha value is -1.87. The maximum atomic E-state index is 12.1. The third-order valence-electron chi connectivity index (χ3n) is 3.55. The molecule has 0 radical (unpaired) electrons. The number of hydrogen-bond acceptors (Lipinski definition) is 2. The molecule has 0 spiro atoms. The van der Waals surface area contributed by atoms with Crippen molar-refractivity contribution in [2.24, 2.45) is 0 Å². The average molecular weight is 284 g/mol. The maximum Gasteiger partial charge on any atom is 0.186 e. The summed E-state index contributed by atoms with van der Waals surface area (Å²) in [6.07, 6.45) is 3.03. The van der Waals surface area contributed by atoms with E-state index in [1.165, 1.54) is 11.1 Å². The highest BCUT2D eigenvalue weighted by molar-refractivity contribution is 5.41. The van der Waals surface area contributed by atoms with Crippen molar-refractivity contribution in [2.75, 3.05) is 6.54 Å². The van der Waals surface area contributed by atoms with Crippen molar-refractivity contribution in [2.45, 2.75) is 40.7 Å². The smallest absolute Gasteiger partial charge is 0.186 e. The maximum absolute atomic E-state index is 12.1. The Morgan fingerprint density at radius 2 is 1.71 bits per heavy atom. The summed E-state index contributed by atoms with van der Waals surface area (Å²) in [6.45, 7) is 9.84. The molecule has 2 aromatic rings. The van der Waals surface area contributed by atoms with Crippen molar-refractivity contribution in [3.8, 4) is 5.69 Å². The molecule has 21 heavy (non-hydrogen) atoms. The number of benzene rings is 1. The topological polar surface area (TPSA) is 34.0 Å². The molecular formula is C18H24N2O. The molecule has 0 atom stereocenters. The van der Waals surface area contributed by atoms with Crippen LogP contribution in [0.15, 0.2) is 35.3 Å². The Balaban J connectivity index is 2.43. The number of pyridine rings is 1. The van der Waals surface area contributed by atoms with Gasteiger partial charge in [-0.25, -0.2) is 0 Å². The van der Waals surface area contributed by atoms with E-state index in [1.54, 1.807) is 6.07 Å². The van der Waals surface area contributed by atoms with Crippen molar-refractivity contribution in [1.82, 2.24) is 9.88 Å². The number of rotatable bonds is 5. The Kier molecular flexibility index (Phi) is 4.97. The summed E-state index contributed by atoms with van der Waals surface area (Å²) in [7, 11) is 0. The highest BCUT2D eigenvalue weighted by Gasteiger charge is 2.06. The predicted octanol–water partition coefficient (Wildman–Crippen LogP) is 3.26. The minimum absolute atomic E-state index is 0.108. The van der Waals surface area contributed by atoms with Gasteiger partial charge in [-0.05, 0) is 57.0 Å². The number of aryl methyl sites for hydroxylation is 3. The van der Waals surface area contributed by atoms with E-state index in [9.17, 15) is 4.79 Å². The molecule has 0 aliphatic carbocycles. The number of nitrogens with zero attached hydrogens (tertiary/aromatic N) is 1. The van der Waals surface area contributed by atoms with Gasteiger partial charge in [0.1, 0.15) is 0 Å². The summed E-state index contributed by atoms with van der Waals surface area (Å²) in [6, 6.07) is 8.17. The monoisotopic (exact) mass is 284 g/mol. The fraction of sp³-hybridized carbons (Fsp3) is 0.389. The summed E-state index contributed by atoms with van der Waals surface area (Å²) >= 11 is 0. The first-order valence-electron chi connectivity index (χ1n) is 7.53. The van der Waals surface area contributed by atoms with Gasteiger partial charge in [0.2, 0.25) is 0 Å². The molecule has 3 nitrogen and oxygen atoms in total. The normalized spacial score (nSPS) is 10.9. The molecule has 0 saturated carbocycles. The fourth-order valence-corrected chi connectivity index (χ4v) is 2.57. The van der Waals surface area contributed by atoms with E-state index in [2.05, 4.69) is 48.9 Å². The highest BCUT2D eigenvalue weighted by atomic mass is 16.1. The van der Waals surface area contributed by atoms with Crippen LogP contribution < -0.4 is 10.7 Å². The van der Waals surface area contributed by atoms with Gasteiger partial charge in [0.05, 0.1) is 0 Å². The lowest BCUT2D eigenvalue weighted by molar-refractivity contribution is 0.668. The van der Waals surface area contributed by atoms with Crippen molar-refractivity contribution in [1.29, 1.82) is 0 Å². The quantitative estimate of drug-likeness (QED) is 0.855. The van der Waals surface area contributed by atoms with Crippen LogP contribution in [0.5, 0.6) is 0 Å². The predicted molar refractivity (Wildman–Crippen MR) is 88.2 cm³/mol. The Morgan fingerprint density at radius 3 is 2.33 bits per heavy atom. The SMILES string of the molecule is CCCNCc1cn(-c2cc(C)cc(C)c2)c(C)cc1=O. The first-order chi connectivity index (χ1) is 10.0. The summed E-state index contributed by atoms with van der Waals surface area (Å²) in [5.41, 5.74) is 5.46. The van der Waals surface area contributed by atoms with Gasteiger partial charge < -0.3 is 9.88 Å². The minimum Gasteiger partial charge on any atom is -0.321 e. The van der Waals surface area contributed by atoms with Crippen molar-refractivity contribution < 1.29 is 0 Å². The second-order valence-corrected chi connectivity index (χ2v) is 5.70.